The molecule has 0 aliphatic rings. The third-order valence-corrected chi connectivity index (χ3v) is 2.07. The van der Waals surface area contributed by atoms with Crippen LogP contribution in [0.4, 0.5) is 13.2 Å². The first-order chi connectivity index (χ1) is 7.89. The van der Waals surface area contributed by atoms with Crippen LogP contribution in [0.25, 0.3) is 0 Å². The Kier molecular flexibility index (Phi) is 8.20. The average molecular weight is 254 g/mol. The molecular weight excluding hydrogens is 233 g/mol. The third kappa shape index (κ3) is 10.3. The quantitative estimate of drug-likeness (QED) is 0.482. The summed E-state index contributed by atoms with van der Waals surface area (Å²) in [5, 5.41) is 11.8. The molecule has 0 fully saturated rings. The van der Waals surface area contributed by atoms with Gasteiger partial charge in [0.1, 0.15) is 0 Å². The van der Waals surface area contributed by atoms with Crippen LogP contribution >= 0.6 is 0 Å². The van der Waals surface area contributed by atoms with E-state index in [0.717, 1.165) is 17.9 Å². The molecule has 0 aliphatic carbocycles. The third-order valence-electron chi connectivity index (χ3n) is 2.07. The summed E-state index contributed by atoms with van der Waals surface area (Å²) in [6, 6.07) is 0. The van der Waals surface area contributed by atoms with E-state index in [4.69, 9.17) is 5.11 Å². The van der Waals surface area contributed by atoms with Crippen LogP contribution in [0.5, 0.6) is 0 Å². The molecule has 3 nitrogen and oxygen atoms in total. The first-order valence-electron chi connectivity index (χ1n) is 5.66. The van der Waals surface area contributed by atoms with E-state index in [0.29, 0.717) is 12.1 Å². The Morgan fingerprint density at radius 1 is 1.41 bits per heavy atom. The van der Waals surface area contributed by atoms with Gasteiger partial charge in [-0.3, -0.25) is 4.90 Å². The molecule has 0 unspecified atom stereocenters. The lowest BCUT2D eigenvalue weighted by molar-refractivity contribution is -0.145. The highest BCUT2D eigenvalue weighted by molar-refractivity contribution is 5.00. The maximum absolute atomic E-state index is 12.2. The fraction of sp³-hybridized carbons (Fsp3) is 0.818. The van der Waals surface area contributed by atoms with Crippen molar-refractivity contribution in [1.29, 1.82) is 0 Å². The molecule has 6 heteroatoms. The molecule has 17 heavy (non-hydrogen) atoms. The zero-order chi connectivity index (χ0) is 13.3. The minimum absolute atomic E-state index is 0.00626. The van der Waals surface area contributed by atoms with Gasteiger partial charge in [-0.2, -0.15) is 13.2 Å². The molecule has 102 valence electrons. The van der Waals surface area contributed by atoms with Crippen LogP contribution in [0.1, 0.15) is 13.3 Å². The molecule has 0 radical (unpaired) electrons. The van der Waals surface area contributed by atoms with Crippen molar-refractivity contribution >= 4 is 0 Å². The number of aliphatic hydroxyl groups excluding tert-OH is 1. The summed E-state index contributed by atoms with van der Waals surface area (Å²) >= 11 is 0. The first-order valence-corrected chi connectivity index (χ1v) is 5.66. The van der Waals surface area contributed by atoms with Crippen LogP contribution in [-0.2, 0) is 0 Å². The molecule has 0 atom stereocenters. The smallest absolute Gasteiger partial charge is 0.395 e. The van der Waals surface area contributed by atoms with Crippen LogP contribution in [0, 0.1) is 0 Å². The van der Waals surface area contributed by atoms with Crippen molar-refractivity contribution < 1.29 is 18.3 Å². The Labute approximate surface area is 100 Å². The lowest BCUT2D eigenvalue weighted by Crippen LogP contribution is -2.38. The van der Waals surface area contributed by atoms with Crippen molar-refractivity contribution in [3.05, 3.63) is 12.2 Å². The summed E-state index contributed by atoms with van der Waals surface area (Å²) in [4.78, 5) is 1.15. The fourth-order valence-electron chi connectivity index (χ4n) is 1.42. The predicted octanol–water partition coefficient (Wildman–Crippen LogP) is 1.40. The Hall–Kier alpha value is -0.590. The van der Waals surface area contributed by atoms with Crippen LogP contribution in [-0.4, -0.2) is 55.5 Å². The monoisotopic (exact) mass is 254 g/mol. The van der Waals surface area contributed by atoms with Gasteiger partial charge in [0.25, 0.3) is 0 Å². The topological polar surface area (TPSA) is 35.5 Å². The van der Waals surface area contributed by atoms with Crippen LogP contribution in [0.3, 0.4) is 0 Å². The highest BCUT2D eigenvalue weighted by Gasteiger charge is 2.30. The van der Waals surface area contributed by atoms with Gasteiger partial charge < -0.3 is 10.4 Å². The second-order valence-electron chi connectivity index (χ2n) is 3.98. The number of halogens is 3. The van der Waals surface area contributed by atoms with E-state index >= 15 is 0 Å². The number of hydrogen-bond acceptors (Lipinski definition) is 3. The maximum atomic E-state index is 12.2. The lowest BCUT2D eigenvalue weighted by Gasteiger charge is -2.23. The van der Waals surface area contributed by atoms with Gasteiger partial charge in [-0.15, -0.1) is 0 Å². The Balaban J connectivity index is 4.01. The summed E-state index contributed by atoms with van der Waals surface area (Å²) in [7, 11) is 0. The highest BCUT2D eigenvalue weighted by Crippen LogP contribution is 2.16. The summed E-state index contributed by atoms with van der Waals surface area (Å²) < 4.78 is 36.7. The van der Waals surface area contributed by atoms with Crippen LogP contribution < -0.4 is 5.32 Å². The Bertz CT molecular complexity index is 219. The average Bonchev–Trinajstić information content (AvgIpc) is 2.15. The van der Waals surface area contributed by atoms with Crippen LogP contribution in [0.15, 0.2) is 12.2 Å². The number of nitrogens with zero attached hydrogens (tertiary/aromatic N) is 1. The predicted molar refractivity (Wildman–Crippen MR) is 61.9 cm³/mol. The SMILES string of the molecule is C=C(CNCCC)CN(CCO)CC(F)(F)F. The van der Waals surface area contributed by atoms with E-state index in [2.05, 4.69) is 11.9 Å². The second-order valence-corrected chi connectivity index (χ2v) is 3.98. The van der Waals surface area contributed by atoms with E-state index in [1.807, 2.05) is 6.92 Å². The maximum Gasteiger partial charge on any atom is 0.401 e. The van der Waals surface area contributed by atoms with E-state index in [1.165, 1.54) is 0 Å². The van der Waals surface area contributed by atoms with Gasteiger partial charge in [0.2, 0.25) is 0 Å². The summed E-state index contributed by atoms with van der Waals surface area (Å²) in [5.41, 5.74) is 0.691. The minimum Gasteiger partial charge on any atom is -0.395 e. The van der Waals surface area contributed by atoms with E-state index in [9.17, 15) is 13.2 Å². The van der Waals surface area contributed by atoms with Crippen molar-refractivity contribution in [2.45, 2.75) is 19.5 Å². The van der Waals surface area contributed by atoms with Crippen molar-refractivity contribution in [3.63, 3.8) is 0 Å². The summed E-state index contributed by atoms with van der Waals surface area (Å²) in [6.45, 7) is 5.92. The Morgan fingerprint density at radius 3 is 2.53 bits per heavy atom. The van der Waals surface area contributed by atoms with E-state index < -0.39 is 12.7 Å². The minimum atomic E-state index is -4.24. The van der Waals surface area contributed by atoms with Gasteiger partial charge >= 0.3 is 6.18 Å². The number of alkyl halides is 3. The van der Waals surface area contributed by atoms with Crippen molar-refractivity contribution in [2.75, 3.05) is 39.3 Å². The van der Waals surface area contributed by atoms with Crippen molar-refractivity contribution in [2.24, 2.45) is 0 Å². The molecule has 0 amide bonds. The molecule has 0 aliphatic heterocycles. The molecule has 0 saturated heterocycles. The number of rotatable bonds is 9. The van der Waals surface area contributed by atoms with Gasteiger partial charge in [0, 0.05) is 19.6 Å². The molecule has 0 aromatic heterocycles. The van der Waals surface area contributed by atoms with Gasteiger partial charge in [0.15, 0.2) is 0 Å². The first kappa shape index (κ1) is 16.4. The fourth-order valence-corrected chi connectivity index (χ4v) is 1.42. The number of nitrogens with one attached hydrogen (secondary N) is 1. The zero-order valence-corrected chi connectivity index (χ0v) is 10.2. The van der Waals surface area contributed by atoms with Gasteiger partial charge in [-0.1, -0.05) is 13.5 Å². The summed E-state index contributed by atoms with van der Waals surface area (Å²) in [5.74, 6) is 0. The second kappa shape index (κ2) is 8.49. The van der Waals surface area contributed by atoms with Gasteiger partial charge in [-0.25, -0.2) is 0 Å². The molecule has 0 aromatic rings. The lowest BCUT2D eigenvalue weighted by atomic mass is 10.2. The molecule has 0 aromatic carbocycles. The highest BCUT2D eigenvalue weighted by atomic mass is 19.4. The largest absolute Gasteiger partial charge is 0.401 e. The van der Waals surface area contributed by atoms with Crippen molar-refractivity contribution in [3.8, 4) is 0 Å². The molecular formula is C11H21F3N2O. The van der Waals surface area contributed by atoms with Gasteiger partial charge in [0.05, 0.1) is 13.2 Å². The molecule has 0 saturated carbocycles. The number of hydrogen-bond donors (Lipinski definition) is 2. The summed E-state index contributed by atoms with van der Waals surface area (Å²) in [6.07, 6.45) is -3.28. The zero-order valence-electron chi connectivity index (χ0n) is 10.2. The number of aliphatic hydroxyl groups is 1. The van der Waals surface area contributed by atoms with E-state index in [-0.39, 0.29) is 19.7 Å². The molecule has 0 bridgehead atoms. The molecule has 0 spiro atoms. The van der Waals surface area contributed by atoms with Crippen LogP contribution in [0.2, 0.25) is 0 Å². The molecule has 0 heterocycles. The standard InChI is InChI=1S/C11H21F3N2O/c1-3-4-15-7-10(2)8-16(5-6-17)9-11(12,13)14/h15,17H,2-9H2,1H3. The van der Waals surface area contributed by atoms with E-state index in [1.54, 1.807) is 0 Å². The molecule has 0 rings (SSSR count). The van der Waals surface area contributed by atoms with Gasteiger partial charge in [-0.05, 0) is 18.5 Å². The Morgan fingerprint density at radius 2 is 2.06 bits per heavy atom. The van der Waals surface area contributed by atoms with Crippen molar-refractivity contribution in [1.82, 2.24) is 10.2 Å². The molecule has 2 N–H and O–H groups in total. The normalized spacial score (nSPS) is 12.1.